The van der Waals surface area contributed by atoms with Crippen molar-refractivity contribution in [3.8, 4) is 0 Å². The van der Waals surface area contributed by atoms with E-state index in [2.05, 4.69) is 20.3 Å². The summed E-state index contributed by atoms with van der Waals surface area (Å²) in [5.74, 6) is -0.877. The minimum absolute atomic E-state index is 0.156. The average Bonchev–Trinajstić information content (AvgIpc) is 2.19. The summed E-state index contributed by atoms with van der Waals surface area (Å²) in [6.45, 7) is 0. The molecule has 5 N–H and O–H groups in total. The fraction of sp³-hybridized carbons (Fsp3) is 0.125. The van der Waals surface area contributed by atoms with Crippen LogP contribution in [-0.4, -0.2) is 17.3 Å². The van der Waals surface area contributed by atoms with Crippen molar-refractivity contribution in [2.24, 2.45) is 21.5 Å². The lowest BCUT2D eigenvalue weighted by Gasteiger charge is -2.27. The molecule has 1 aliphatic rings. The smallest absolute Gasteiger partial charge is 0.220 e. The molecule has 6 heteroatoms. The summed E-state index contributed by atoms with van der Waals surface area (Å²) >= 11 is 0. The van der Waals surface area contributed by atoms with Gasteiger partial charge in [0.1, 0.15) is 0 Å². The third kappa shape index (κ3) is 1.42. The van der Waals surface area contributed by atoms with E-state index in [1.54, 1.807) is 24.5 Å². The monoisotopic (exact) mass is 190 g/mol. The number of aromatic nitrogens is 1. The van der Waals surface area contributed by atoms with Gasteiger partial charge in [-0.2, -0.15) is 0 Å². The van der Waals surface area contributed by atoms with Gasteiger partial charge < -0.3 is 11.1 Å². The summed E-state index contributed by atoms with van der Waals surface area (Å²) in [7, 11) is 0. The Labute approximate surface area is 80.8 Å². The Balaban J connectivity index is 2.39. The Hall–Kier alpha value is -1.95. The largest absolute Gasteiger partial charge is 0.368 e. The number of pyridine rings is 1. The number of rotatable bonds is 1. The van der Waals surface area contributed by atoms with E-state index in [1.807, 2.05) is 0 Å². The van der Waals surface area contributed by atoms with Crippen molar-refractivity contribution in [3.05, 3.63) is 30.1 Å². The summed E-state index contributed by atoms with van der Waals surface area (Å²) in [6, 6.07) is 3.53. The number of guanidine groups is 1. The summed E-state index contributed by atoms with van der Waals surface area (Å²) < 4.78 is 0. The zero-order chi connectivity index (χ0) is 10.0. The fourth-order valence-corrected chi connectivity index (χ4v) is 1.19. The molecule has 1 unspecified atom stereocenters. The van der Waals surface area contributed by atoms with E-state index in [9.17, 15) is 0 Å². The number of nitrogens with one attached hydrogen (secondary N) is 1. The van der Waals surface area contributed by atoms with Crippen LogP contribution in [0.3, 0.4) is 0 Å². The Morgan fingerprint density at radius 1 is 1.29 bits per heavy atom. The van der Waals surface area contributed by atoms with Crippen LogP contribution in [0.4, 0.5) is 0 Å². The van der Waals surface area contributed by atoms with Crippen LogP contribution in [0, 0.1) is 0 Å². The Kier molecular flexibility index (Phi) is 1.90. The molecule has 0 saturated heterocycles. The van der Waals surface area contributed by atoms with Crippen LogP contribution in [0.2, 0.25) is 0 Å². The van der Waals surface area contributed by atoms with Crippen molar-refractivity contribution in [3.63, 3.8) is 0 Å². The molecular formula is C8H10N6. The van der Waals surface area contributed by atoms with Gasteiger partial charge >= 0.3 is 0 Å². The maximum absolute atomic E-state index is 5.97. The highest BCUT2D eigenvalue weighted by atomic mass is 15.3. The second kappa shape index (κ2) is 3.08. The van der Waals surface area contributed by atoms with E-state index in [4.69, 9.17) is 11.5 Å². The first-order valence-electron chi connectivity index (χ1n) is 4.06. The summed E-state index contributed by atoms with van der Waals surface area (Å²) in [6.07, 6.45) is 4.72. The molecule has 1 aromatic heterocycles. The normalized spacial score (nSPS) is 25.4. The standard InChI is InChI=1S/C8H10N6/c9-7-12-5-13-8(10,14-7)6-1-3-11-4-2-6/h1-5H,10H2,(H3,9,12,13,14). The van der Waals surface area contributed by atoms with Crippen molar-refractivity contribution in [1.29, 1.82) is 0 Å². The van der Waals surface area contributed by atoms with Gasteiger partial charge in [-0.25, -0.2) is 9.98 Å². The molecular weight excluding hydrogens is 180 g/mol. The van der Waals surface area contributed by atoms with E-state index < -0.39 is 5.79 Å². The summed E-state index contributed by atoms with van der Waals surface area (Å²) in [5.41, 5.74) is 12.2. The fourth-order valence-electron chi connectivity index (χ4n) is 1.19. The zero-order valence-electron chi connectivity index (χ0n) is 7.38. The van der Waals surface area contributed by atoms with Gasteiger partial charge in [-0.3, -0.25) is 10.7 Å². The minimum Gasteiger partial charge on any atom is -0.368 e. The van der Waals surface area contributed by atoms with Crippen LogP contribution in [0.1, 0.15) is 5.56 Å². The Morgan fingerprint density at radius 2 is 2.00 bits per heavy atom. The molecule has 2 rings (SSSR count). The first kappa shape index (κ1) is 8.64. The highest BCUT2D eigenvalue weighted by Gasteiger charge is 2.27. The van der Waals surface area contributed by atoms with Gasteiger partial charge in [0.05, 0.1) is 6.34 Å². The number of aliphatic imine (C=N–C) groups is 2. The highest BCUT2D eigenvalue weighted by molar-refractivity contribution is 5.88. The first-order valence-corrected chi connectivity index (χ1v) is 4.06. The summed E-state index contributed by atoms with van der Waals surface area (Å²) in [4.78, 5) is 11.7. The molecule has 0 aliphatic carbocycles. The van der Waals surface area contributed by atoms with E-state index in [-0.39, 0.29) is 5.96 Å². The Morgan fingerprint density at radius 3 is 2.64 bits per heavy atom. The predicted octanol–water partition coefficient (Wildman–Crippen LogP) is -0.903. The molecule has 0 fully saturated rings. The number of hydrogen-bond acceptors (Lipinski definition) is 6. The molecule has 0 aromatic carbocycles. The van der Waals surface area contributed by atoms with E-state index >= 15 is 0 Å². The molecule has 0 bridgehead atoms. The maximum Gasteiger partial charge on any atom is 0.220 e. The quantitative estimate of drug-likeness (QED) is 0.534. The Bertz CT molecular complexity index is 384. The van der Waals surface area contributed by atoms with Crippen LogP contribution in [0.15, 0.2) is 34.5 Å². The number of hydrogen-bond donors (Lipinski definition) is 3. The van der Waals surface area contributed by atoms with Crippen LogP contribution in [0.5, 0.6) is 0 Å². The van der Waals surface area contributed by atoms with Crippen molar-refractivity contribution >= 4 is 12.3 Å². The molecule has 6 nitrogen and oxygen atoms in total. The molecule has 2 heterocycles. The number of nitrogens with two attached hydrogens (primary N) is 2. The zero-order valence-corrected chi connectivity index (χ0v) is 7.38. The van der Waals surface area contributed by atoms with E-state index in [1.165, 1.54) is 6.34 Å². The van der Waals surface area contributed by atoms with E-state index in [0.29, 0.717) is 0 Å². The topological polar surface area (TPSA) is 102 Å². The van der Waals surface area contributed by atoms with E-state index in [0.717, 1.165) is 5.56 Å². The maximum atomic E-state index is 5.97. The van der Waals surface area contributed by atoms with Crippen molar-refractivity contribution in [1.82, 2.24) is 10.3 Å². The van der Waals surface area contributed by atoms with Gasteiger partial charge in [-0.15, -0.1) is 0 Å². The molecule has 14 heavy (non-hydrogen) atoms. The number of nitrogens with zero attached hydrogens (tertiary/aromatic N) is 3. The van der Waals surface area contributed by atoms with Gasteiger partial charge in [0.15, 0.2) is 0 Å². The lowest BCUT2D eigenvalue weighted by atomic mass is 10.1. The predicted molar refractivity (Wildman–Crippen MR) is 53.4 cm³/mol. The first-order chi connectivity index (χ1) is 6.71. The molecule has 1 aromatic rings. The molecule has 0 saturated carbocycles. The van der Waals surface area contributed by atoms with Gasteiger partial charge in [0, 0.05) is 18.0 Å². The van der Waals surface area contributed by atoms with Crippen LogP contribution in [0.25, 0.3) is 0 Å². The molecule has 0 amide bonds. The van der Waals surface area contributed by atoms with Gasteiger partial charge in [-0.1, -0.05) is 0 Å². The average molecular weight is 190 g/mol. The summed E-state index contributed by atoms with van der Waals surface area (Å²) in [5, 5.41) is 2.83. The van der Waals surface area contributed by atoms with Crippen molar-refractivity contribution in [2.45, 2.75) is 5.79 Å². The lowest BCUT2D eigenvalue weighted by Crippen LogP contribution is -2.51. The second-order valence-electron chi connectivity index (χ2n) is 2.87. The van der Waals surface area contributed by atoms with Gasteiger partial charge in [0.25, 0.3) is 0 Å². The second-order valence-corrected chi connectivity index (χ2v) is 2.87. The molecule has 72 valence electrons. The van der Waals surface area contributed by atoms with Crippen molar-refractivity contribution in [2.75, 3.05) is 0 Å². The van der Waals surface area contributed by atoms with Gasteiger partial charge in [-0.05, 0) is 12.1 Å². The molecule has 0 radical (unpaired) electrons. The highest BCUT2D eigenvalue weighted by Crippen LogP contribution is 2.16. The van der Waals surface area contributed by atoms with Gasteiger partial charge in [0.2, 0.25) is 11.7 Å². The molecule has 1 atom stereocenters. The van der Waals surface area contributed by atoms with Crippen LogP contribution in [-0.2, 0) is 5.79 Å². The lowest BCUT2D eigenvalue weighted by molar-refractivity contribution is 0.430. The molecule has 0 spiro atoms. The molecule has 1 aliphatic heterocycles. The van der Waals surface area contributed by atoms with Crippen LogP contribution < -0.4 is 16.8 Å². The third-order valence-electron chi connectivity index (χ3n) is 1.89. The third-order valence-corrected chi connectivity index (χ3v) is 1.89. The SMILES string of the molecule is NC1=NC(N)(c2ccncc2)NC=N1. The van der Waals surface area contributed by atoms with Crippen LogP contribution >= 0.6 is 0 Å². The minimum atomic E-state index is -1.03. The van der Waals surface area contributed by atoms with Crippen molar-refractivity contribution < 1.29 is 0 Å².